The number of aromatic nitrogens is 1. The molecule has 3 aromatic rings. The summed E-state index contributed by atoms with van der Waals surface area (Å²) in [5, 5.41) is 14.0. The smallest absolute Gasteiger partial charge is 0.416 e. The average molecular weight is 474 g/mol. The van der Waals surface area contributed by atoms with Crippen LogP contribution in [0.25, 0.3) is 0 Å². The second-order valence-electron chi connectivity index (χ2n) is 7.14. The van der Waals surface area contributed by atoms with E-state index in [0.29, 0.717) is 29.0 Å². The van der Waals surface area contributed by atoms with Crippen LogP contribution in [0.15, 0.2) is 60.8 Å². The lowest BCUT2D eigenvalue weighted by Crippen LogP contribution is -2.29. The van der Waals surface area contributed by atoms with Crippen LogP contribution in [0.3, 0.4) is 0 Å². The summed E-state index contributed by atoms with van der Waals surface area (Å²) < 4.78 is 44.7. The number of anilines is 1. The highest BCUT2D eigenvalue weighted by Crippen LogP contribution is 2.32. The van der Waals surface area contributed by atoms with Crippen LogP contribution in [-0.2, 0) is 19.1 Å². The van der Waals surface area contributed by atoms with Gasteiger partial charge in [-0.3, -0.25) is 0 Å². The highest BCUT2D eigenvalue weighted by Gasteiger charge is 2.31. The monoisotopic (exact) mass is 474 g/mol. The van der Waals surface area contributed by atoms with E-state index in [2.05, 4.69) is 15.6 Å². The van der Waals surface area contributed by atoms with E-state index in [1.54, 1.807) is 24.3 Å². The van der Waals surface area contributed by atoms with Gasteiger partial charge < -0.3 is 26.2 Å². The van der Waals surface area contributed by atoms with Gasteiger partial charge in [-0.05, 0) is 54.4 Å². The van der Waals surface area contributed by atoms with E-state index in [1.807, 2.05) is 0 Å². The van der Waals surface area contributed by atoms with Crippen LogP contribution in [0.2, 0.25) is 0 Å². The molecule has 34 heavy (non-hydrogen) atoms. The molecule has 0 unspecified atom stereocenters. The molecule has 178 valence electrons. The van der Waals surface area contributed by atoms with Crippen LogP contribution in [-0.4, -0.2) is 28.6 Å². The number of carboxylic acid groups (broad SMARTS) is 1. The van der Waals surface area contributed by atoms with E-state index >= 15 is 0 Å². The lowest BCUT2D eigenvalue weighted by atomic mass is 10.1. The lowest BCUT2D eigenvalue weighted by Gasteiger charge is -2.15. The number of hydrogen-bond donors (Lipinski definition) is 4. The summed E-state index contributed by atoms with van der Waals surface area (Å²) >= 11 is 0. The minimum absolute atomic E-state index is 0.0413. The summed E-state index contributed by atoms with van der Waals surface area (Å²) in [7, 11) is 0. The fraction of sp³-hybridized carbons (Fsp3) is 0.174. The number of rotatable bonds is 8. The first-order chi connectivity index (χ1) is 16.2. The van der Waals surface area contributed by atoms with Crippen LogP contribution < -0.4 is 21.1 Å². The summed E-state index contributed by atoms with van der Waals surface area (Å²) in [4.78, 5) is 27.0. The third-order valence-corrected chi connectivity index (χ3v) is 4.66. The van der Waals surface area contributed by atoms with Crippen LogP contribution in [0.5, 0.6) is 11.5 Å². The number of pyridine rings is 1. The molecule has 11 heteroatoms. The molecular formula is C23H21F3N4O4. The van der Waals surface area contributed by atoms with E-state index in [-0.39, 0.29) is 24.5 Å². The van der Waals surface area contributed by atoms with Crippen molar-refractivity contribution in [3.8, 4) is 11.5 Å². The molecule has 0 fully saturated rings. The number of aromatic carboxylic acids is 1. The number of urea groups is 1. The van der Waals surface area contributed by atoms with Gasteiger partial charge in [0.2, 0.25) is 0 Å². The van der Waals surface area contributed by atoms with Crippen molar-refractivity contribution in [2.75, 3.05) is 11.9 Å². The van der Waals surface area contributed by atoms with Gasteiger partial charge in [0.25, 0.3) is 0 Å². The Bertz CT molecular complexity index is 1170. The first-order valence-corrected chi connectivity index (χ1v) is 10.1. The average Bonchev–Trinajstić information content (AvgIpc) is 2.79. The summed E-state index contributed by atoms with van der Waals surface area (Å²) in [5.41, 5.74) is 5.73. The molecule has 0 radical (unpaired) electrons. The number of amides is 2. The normalized spacial score (nSPS) is 11.1. The number of nitrogens with zero attached hydrogens (tertiary/aromatic N) is 1. The Hall–Kier alpha value is -4.12. The van der Waals surface area contributed by atoms with Crippen molar-refractivity contribution in [3.63, 3.8) is 0 Å². The maximum atomic E-state index is 13.0. The Morgan fingerprint density at radius 3 is 2.41 bits per heavy atom. The Balaban J connectivity index is 1.60. The molecule has 0 saturated carbocycles. The van der Waals surface area contributed by atoms with Crippen LogP contribution in [0.1, 0.15) is 27.2 Å². The van der Waals surface area contributed by atoms with Gasteiger partial charge >= 0.3 is 18.2 Å². The van der Waals surface area contributed by atoms with E-state index in [1.165, 1.54) is 24.4 Å². The molecule has 2 amide bonds. The summed E-state index contributed by atoms with van der Waals surface area (Å²) in [6.07, 6.45) is -2.91. The largest absolute Gasteiger partial charge is 0.477 e. The van der Waals surface area contributed by atoms with Gasteiger partial charge in [-0.25, -0.2) is 14.6 Å². The van der Waals surface area contributed by atoms with E-state index in [0.717, 1.165) is 12.1 Å². The number of carbonyl (C=O) groups is 2. The van der Waals surface area contributed by atoms with Crippen molar-refractivity contribution in [3.05, 3.63) is 83.2 Å². The molecule has 0 saturated heterocycles. The SMILES string of the molecule is NCCc1ccc(C(F)(F)F)cc1NC(=O)NCc1ccc(Oc2ccnc(C(=O)O)c2)cc1. The van der Waals surface area contributed by atoms with Gasteiger partial charge in [0.05, 0.1) is 5.56 Å². The summed E-state index contributed by atoms with van der Waals surface area (Å²) in [6.45, 7) is 0.322. The molecule has 0 aliphatic carbocycles. The van der Waals surface area contributed by atoms with Gasteiger partial charge in [-0.1, -0.05) is 18.2 Å². The summed E-state index contributed by atoms with van der Waals surface area (Å²) in [6, 6.07) is 11.9. The molecule has 1 heterocycles. The zero-order valence-electron chi connectivity index (χ0n) is 17.7. The van der Waals surface area contributed by atoms with E-state index < -0.39 is 23.7 Å². The quantitative estimate of drug-likeness (QED) is 0.383. The number of carboxylic acids is 1. The number of nitrogens with one attached hydrogen (secondary N) is 2. The van der Waals surface area contributed by atoms with Gasteiger partial charge in [0.15, 0.2) is 5.69 Å². The molecule has 0 bridgehead atoms. The Labute approximate surface area is 192 Å². The van der Waals surface area contributed by atoms with Gasteiger partial charge in [0, 0.05) is 24.5 Å². The minimum Gasteiger partial charge on any atom is -0.477 e. The number of halogens is 3. The molecule has 8 nitrogen and oxygen atoms in total. The summed E-state index contributed by atoms with van der Waals surface area (Å²) in [5.74, 6) is -0.441. The maximum Gasteiger partial charge on any atom is 0.416 e. The Kier molecular flexibility index (Phi) is 7.69. The van der Waals surface area contributed by atoms with Gasteiger partial charge in [0.1, 0.15) is 11.5 Å². The van der Waals surface area contributed by atoms with Gasteiger partial charge in [-0.2, -0.15) is 13.2 Å². The highest BCUT2D eigenvalue weighted by atomic mass is 19.4. The van der Waals surface area contributed by atoms with Crippen LogP contribution in [0, 0.1) is 0 Å². The molecular weight excluding hydrogens is 453 g/mol. The number of alkyl halides is 3. The molecule has 0 spiro atoms. The second kappa shape index (κ2) is 10.7. The maximum absolute atomic E-state index is 13.0. The number of benzene rings is 2. The van der Waals surface area contributed by atoms with Crippen molar-refractivity contribution in [2.24, 2.45) is 5.73 Å². The first-order valence-electron chi connectivity index (χ1n) is 10.1. The van der Waals surface area contributed by atoms with E-state index in [4.69, 9.17) is 15.6 Å². The third-order valence-electron chi connectivity index (χ3n) is 4.66. The van der Waals surface area contributed by atoms with Crippen LogP contribution in [0.4, 0.5) is 23.7 Å². The van der Waals surface area contributed by atoms with Crippen molar-refractivity contribution < 1.29 is 32.6 Å². The topological polar surface area (TPSA) is 127 Å². The molecule has 1 aromatic heterocycles. The molecule has 5 N–H and O–H groups in total. The fourth-order valence-electron chi connectivity index (χ4n) is 2.99. The molecule has 2 aromatic carbocycles. The number of ether oxygens (including phenoxy) is 1. The predicted octanol–water partition coefficient (Wildman–Crippen LogP) is 4.41. The zero-order chi connectivity index (χ0) is 24.7. The lowest BCUT2D eigenvalue weighted by molar-refractivity contribution is -0.137. The number of nitrogens with two attached hydrogens (primary N) is 1. The van der Waals surface area contributed by atoms with Crippen molar-refractivity contribution in [1.29, 1.82) is 0 Å². The van der Waals surface area contributed by atoms with Crippen LogP contribution >= 0.6 is 0 Å². The number of hydrogen-bond acceptors (Lipinski definition) is 5. The number of carbonyl (C=O) groups excluding carboxylic acids is 1. The standard InChI is InChI=1S/C23H21F3N4O4/c24-23(25,26)16-4-3-15(7-9-27)19(11-16)30-22(33)29-13-14-1-5-17(6-2-14)34-18-8-10-28-20(12-18)21(31)32/h1-6,8,10-12H,7,9,13,27H2,(H,31,32)(H2,29,30,33). The third kappa shape index (κ3) is 6.69. The molecule has 0 atom stereocenters. The first kappa shape index (κ1) is 24.5. The van der Waals surface area contributed by atoms with Crippen molar-refractivity contribution in [2.45, 2.75) is 19.1 Å². The van der Waals surface area contributed by atoms with Crippen molar-refractivity contribution >= 4 is 17.7 Å². The molecule has 0 aliphatic heterocycles. The predicted molar refractivity (Wildman–Crippen MR) is 118 cm³/mol. The minimum atomic E-state index is -4.54. The van der Waals surface area contributed by atoms with Crippen molar-refractivity contribution in [1.82, 2.24) is 10.3 Å². The fourth-order valence-corrected chi connectivity index (χ4v) is 2.99. The zero-order valence-corrected chi connectivity index (χ0v) is 17.7. The molecule has 0 aliphatic rings. The Morgan fingerprint density at radius 2 is 1.76 bits per heavy atom. The second-order valence-corrected chi connectivity index (χ2v) is 7.14. The Morgan fingerprint density at radius 1 is 1.03 bits per heavy atom. The highest BCUT2D eigenvalue weighted by molar-refractivity contribution is 5.90. The molecule has 3 rings (SSSR count). The van der Waals surface area contributed by atoms with Gasteiger partial charge in [-0.15, -0.1) is 0 Å². The van der Waals surface area contributed by atoms with E-state index in [9.17, 15) is 22.8 Å².